The first-order chi connectivity index (χ1) is 9.94. The average molecular weight is 290 g/mol. The summed E-state index contributed by atoms with van der Waals surface area (Å²) < 4.78 is 0. The Balaban J connectivity index is 1.60. The van der Waals surface area contributed by atoms with Crippen molar-refractivity contribution in [3.8, 4) is 0 Å². The van der Waals surface area contributed by atoms with Gasteiger partial charge in [-0.3, -0.25) is 0 Å². The van der Waals surface area contributed by atoms with Crippen molar-refractivity contribution in [1.82, 2.24) is 0 Å². The van der Waals surface area contributed by atoms with E-state index in [9.17, 15) is 0 Å². The molecule has 21 heavy (non-hydrogen) atoms. The van der Waals surface area contributed by atoms with Crippen LogP contribution in [0.1, 0.15) is 72.6 Å². The number of hydrogen-bond acceptors (Lipinski definition) is 1. The molecule has 0 aliphatic heterocycles. The Morgan fingerprint density at radius 3 is 2.52 bits per heavy atom. The molecule has 1 heteroatoms. The molecule has 1 nitrogen and oxygen atoms in total. The van der Waals surface area contributed by atoms with Crippen LogP contribution in [0.25, 0.3) is 0 Å². The van der Waals surface area contributed by atoms with Gasteiger partial charge in [0.1, 0.15) is 0 Å². The van der Waals surface area contributed by atoms with Gasteiger partial charge in [0.05, 0.1) is 0 Å². The van der Waals surface area contributed by atoms with Crippen LogP contribution in [-0.4, -0.2) is 6.04 Å². The van der Waals surface area contributed by atoms with Gasteiger partial charge in [-0.05, 0) is 91.8 Å². The van der Waals surface area contributed by atoms with E-state index in [-0.39, 0.29) is 0 Å². The molecule has 9 unspecified atom stereocenters. The highest BCUT2D eigenvalue weighted by atomic mass is 14.7. The van der Waals surface area contributed by atoms with E-state index in [4.69, 9.17) is 5.73 Å². The molecule has 4 aliphatic carbocycles. The summed E-state index contributed by atoms with van der Waals surface area (Å²) in [5.74, 6) is 5.89. The smallest absolute Gasteiger partial charge is 0.00440 e. The van der Waals surface area contributed by atoms with Gasteiger partial charge in [-0.2, -0.15) is 0 Å². The van der Waals surface area contributed by atoms with E-state index in [0.717, 1.165) is 40.9 Å². The fourth-order valence-electron chi connectivity index (χ4n) is 7.99. The van der Waals surface area contributed by atoms with Crippen molar-refractivity contribution in [2.75, 3.05) is 0 Å². The molecule has 1 spiro atoms. The second kappa shape index (κ2) is 4.49. The summed E-state index contributed by atoms with van der Waals surface area (Å²) in [6.07, 6.45) is 10.4. The lowest BCUT2D eigenvalue weighted by molar-refractivity contribution is 0.0763. The van der Waals surface area contributed by atoms with Gasteiger partial charge in [0.25, 0.3) is 0 Å². The van der Waals surface area contributed by atoms with Gasteiger partial charge < -0.3 is 5.73 Å². The van der Waals surface area contributed by atoms with Crippen LogP contribution in [-0.2, 0) is 0 Å². The van der Waals surface area contributed by atoms with Gasteiger partial charge in [0.15, 0.2) is 0 Å². The molecule has 0 radical (unpaired) electrons. The summed E-state index contributed by atoms with van der Waals surface area (Å²) in [6.45, 7) is 9.91. The highest BCUT2D eigenvalue weighted by molar-refractivity contribution is 5.15. The van der Waals surface area contributed by atoms with Crippen LogP contribution in [0.5, 0.6) is 0 Å². The summed E-state index contributed by atoms with van der Waals surface area (Å²) in [5, 5.41) is 0. The highest BCUT2D eigenvalue weighted by Gasteiger charge is 2.66. The summed E-state index contributed by atoms with van der Waals surface area (Å²) in [5.41, 5.74) is 7.71. The van der Waals surface area contributed by atoms with E-state index >= 15 is 0 Å². The lowest BCUT2D eigenvalue weighted by Gasteiger charge is -2.41. The summed E-state index contributed by atoms with van der Waals surface area (Å²) >= 11 is 0. The zero-order valence-electron chi connectivity index (χ0n) is 14.6. The Hall–Kier alpha value is -0.0400. The normalized spacial score (nSPS) is 59.9. The van der Waals surface area contributed by atoms with Crippen molar-refractivity contribution in [3.63, 3.8) is 0 Å². The molecule has 120 valence electrons. The van der Waals surface area contributed by atoms with Crippen molar-refractivity contribution >= 4 is 0 Å². The van der Waals surface area contributed by atoms with Gasteiger partial charge in [0, 0.05) is 6.04 Å². The van der Waals surface area contributed by atoms with Gasteiger partial charge >= 0.3 is 0 Å². The SMILES string of the molecule is CCC1CC12CCC1C(CC3(C)C(C(C)N)CCC13)C2C. The first-order valence-electron chi connectivity index (χ1n) is 9.69. The molecule has 0 aromatic heterocycles. The number of fused-ring (bicyclic) bond motifs is 3. The van der Waals surface area contributed by atoms with Crippen LogP contribution >= 0.6 is 0 Å². The standard InChI is InChI=1S/C20H35N/c1-5-14-10-20(14)9-8-15-16(12(20)2)11-19(4)17(13(3)21)6-7-18(15)19/h12-18H,5-11,21H2,1-4H3. The van der Waals surface area contributed by atoms with Gasteiger partial charge in [-0.1, -0.05) is 27.2 Å². The molecule has 0 aromatic carbocycles. The number of nitrogens with two attached hydrogens (primary N) is 1. The number of hydrogen-bond donors (Lipinski definition) is 1. The van der Waals surface area contributed by atoms with Gasteiger partial charge in [-0.15, -0.1) is 0 Å². The van der Waals surface area contributed by atoms with Crippen molar-refractivity contribution in [2.45, 2.75) is 78.7 Å². The minimum absolute atomic E-state index is 0.397. The Morgan fingerprint density at radius 2 is 1.90 bits per heavy atom. The molecule has 0 aromatic rings. The average Bonchev–Trinajstić information content (AvgIpc) is 2.92. The molecular formula is C20H35N. The molecule has 0 amide bonds. The second-order valence-electron chi connectivity index (χ2n) is 9.56. The molecule has 0 heterocycles. The maximum absolute atomic E-state index is 6.37. The Bertz CT molecular complexity index is 430. The zero-order valence-corrected chi connectivity index (χ0v) is 14.6. The quantitative estimate of drug-likeness (QED) is 0.772. The Labute approximate surface area is 131 Å². The summed E-state index contributed by atoms with van der Waals surface area (Å²) in [4.78, 5) is 0. The molecule has 9 atom stereocenters. The predicted molar refractivity (Wildman–Crippen MR) is 88.8 cm³/mol. The van der Waals surface area contributed by atoms with Crippen LogP contribution in [0.4, 0.5) is 0 Å². The molecule has 4 fully saturated rings. The third-order valence-electron chi connectivity index (χ3n) is 9.12. The molecule has 0 bridgehead atoms. The molecule has 4 aliphatic rings. The highest BCUT2D eigenvalue weighted by Crippen LogP contribution is 2.74. The maximum Gasteiger partial charge on any atom is 0.00440 e. The minimum atomic E-state index is 0.397. The Kier molecular flexibility index (Phi) is 3.11. The minimum Gasteiger partial charge on any atom is -0.328 e. The van der Waals surface area contributed by atoms with E-state index in [1.54, 1.807) is 12.8 Å². The van der Waals surface area contributed by atoms with Crippen molar-refractivity contribution in [1.29, 1.82) is 0 Å². The van der Waals surface area contributed by atoms with E-state index in [0.29, 0.717) is 11.5 Å². The van der Waals surface area contributed by atoms with Gasteiger partial charge in [0.2, 0.25) is 0 Å². The molecule has 4 saturated carbocycles. The summed E-state index contributed by atoms with van der Waals surface area (Å²) in [6, 6.07) is 0.397. The van der Waals surface area contributed by atoms with Crippen LogP contribution < -0.4 is 5.73 Å². The topological polar surface area (TPSA) is 26.0 Å². The van der Waals surface area contributed by atoms with Crippen molar-refractivity contribution in [2.24, 2.45) is 52.1 Å². The first-order valence-corrected chi connectivity index (χ1v) is 9.69. The lowest BCUT2D eigenvalue weighted by atomic mass is 9.64. The summed E-state index contributed by atoms with van der Waals surface area (Å²) in [7, 11) is 0. The zero-order chi connectivity index (χ0) is 15.0. The third-order valence-corrected chi connectivity index (χ3v) is 9.12. The van der Waals surface area contributed by atoms with Crippen molar-refractivity contribution in [3.05, 3.63) is 0 Å². The largest absolute Gasteiger partial charge is 0.328 e. The van der Waals surface area contributed by atoms with Crippen LogP contribution in [0.3, 0.4) is 0 Å². The van der Waals surface area contributed by atoms with Crippen LogP contribution in [0.15, 0.2) is 0 Å². The maximum atomic E-state index is 6.37. The van der Waals surface area contributed by atoms with E-state index in [1.165, 1.54) is 32.1 Å². The molecule has 2 N–H and O–H groups in total. The third kappa shape index (κ3) is 1.73. The lowest BCUT2D eigenvalue weighted by Crippen LogP contribution is -2.37. The fraction of sp³-hybridized carbons (Fsp3) is 1.00. The molecular weight excluding hydrogens is 254 g/mol. The molecule has 4 rings (SSSR count). The Morgan fingerprint density at radius 1 is 1.14 bits per heavy atom. The van der Waals surface area contributed by atoms with E-state index in [1.807, 2.05) is 0 Å². The molecule has 0 saturated heterocycles. The van der Waals surface area contributed by atoms with Crippen LogP contribution in [0, 0.1) is 46.3 Å². The van der Waals surface area contributed by atoms with Gasteiger partial charge in [-0.25, -0.2) is 0 Å². The van der Waals surface area contributed by atoms with E-state index < -0.39 is 0 Å². The van der Waals surface area contributed by atoms with Crippen molar-refractivity contribution < 1.29 is 0 Å². The monoisotopic (exact) mass is 289 g/mol. The predicted octanol–water partition coefficient (Wildman–Crippen LogP) is 4.85. The van der Waals surface area contributed by atoms with Crippen LogP contribution in [0.2, 0.25) is 0 Å². The fourth-order valence-corrected chi connectivity index (χ4v) is 7.99. The number of rotatable bonds is 2. The second-order valence-corrected chi connectivity index (χ2v) is 9.56. The first kappa shape index (κ1) is 14.5. The van der Waals surface area contributed by atoms with E-state index in [2.05, 4.69) is 27.7 Å².